The molecule has 0 radical (unpaired) electrons. The van der Waals surface area contributed by atoms with Crippen LogP contribution in [0.1, 0.15) is 6.42 Å². The van der Waals surface area contributed by atoms with Crippen LogP contribution in [0.5, 0.6) is 0 Å². The van der Waals surface area contributed by atoms with Gasteiger partial charge in [-0.2, -0.15) is 0 Å². The van der Waals surface area contributed by atoms with Crippen molar-refractivity contribution in [3.8, 4) is 11.6 Å². The highest BCUT2D eigenvalue weighted by Crippen LogP contribution is 2.24. The van der Waals surface area contributed by atoms with E-state index in [2.05, 4.69) is 14.5 Å². The summed E-state index contributed by atoms with van der Waals surface area (Å²) in [7, 11) is 1.71. The number of ether oxygens (including phenoxy) is 1. The van der Waals surface area contributed by atoms with Crippen molar-refractivity contribution in [2.75, 3.05) is 13.7 Å². The highest BCUT2D eigenvalue weighted by Gasteiger charge is 2.14. The first kappa shape index (κ1) is 11.9. The molecule has 0 saturated heterocycles. The molecule has 0 aliphatic carbocycles. The Balaban J connectivity index is 2.06. The molecule has 19 heavy (non-hydrogen) atoms. The van der Waals surface area contributed by atoms with Crippen LogP contribution in [0.4, 0.5) is 0 Å². The van der Waals surface area contributed by atoms with Gasteiger partial charge in [0.1, 0.15) is 5.52 Å². The van der Waals surface area contributed by atoms with Crippen LogP contribution in [0, 0.1) is 0 Å². The van der Waals surface area contributed by atoms with Gasteiger partial charge in [-0.15, -0.1) is 0 Å². The lowest BCUT2D eigenvalue weighted by Gasteiger charge is -2.06. The number of pyridine rings is 1. The number of fused-ring (bicyclic) bond motifs is 1. The summed E-state index contributed by atoms with van der Waals surface area (Å²) in [5.74, 6) is 1.57. The molecule has 0 N–H and O–H groups in total. The van der Waals surface area contributed by atoms with Gasteiger partial charge < -0.3 is 13.7 Å². The third kappa shape index (κ3) is 2.24. The van der Waals surface area contributed by atoms with E-state index in [4.69, 9.17) is 9.15 Å². The van der Waals surface area contributed by atoms with Crippen LogP contribution in [0.2, 0.25) is 0 Å². The monoisotopic (exact) mass is 257 g/mol. The van der Waals surface area contributed by atoms with Crippen molar-refractivity contribution in [2.45, 2.75) is 13.0 Å². The molecule has 0 fully saturated rings. The maximum absolute atomic E-state index is 5.45. The molecule has 3 aromatic heterocycles. The molecule has 0 saturated carbocycles. The zero-order chi connectivity index (χ0) is 13.1. The molecule has 0 aromatic carbocycles. The Kier molecular flexibility index (Phi) is 3.29. The minimum Gasteiger partial charge on any atom is -0.461 e. The van der Waals surface area contributed by atoms with Crippen molar-refractivity contribution < 1.29 is 9.15 Å². The Hall–Kier alpha value is -2.14. The fraction of sp³-hybridized carbons (Fsp3) is 0.286. The average molecular weight is 257 g/mol. The van der Waals surface area contributed by atoms with Gasteiger partial charge in [0.2, 0.25) is 0 Å². The minimum absolute atomic E-state index is 0.712. The molecule has 0 spiro atoms. The molecule has 98 valence electrons. The van der Waals surface area contributed by atoms with Crippen molar-refractivity contribution in [2.24, 2.45) is 0 Å². The number of aromatic nitrogens is 3. The Labute approximate surface area is 110 Å². The fourth-order valence-electron chi connectivity index (χ4n) is 2.13. The number of rotatable bonds is 5. The lowest BCUT2D eigenvalue weighted by molar-refractivity contribution is 0.190. The van der Waals surface area contributed by atoms with E-state index in [-0.39, 0.29) is 0 Å². The lowest BCUT2D eigenvalue weighted by Crippen LogP contribution is -2.04. The number of aryl methyl sites for hydroxylation is 1. The van der Waals surface area contributed by atoms with Crippen LogP contribution in [0.15, 0.2) is 41.1 Å². The van der Waals surface area contributed by atoms with Crippen LogP contribution in [0.25, 0.3) is 22.7 Å². The Morgan fingerprint density at radius 1 is 1.32 bits per heavy atom. The van der Waals surface area contributed by atoms with Gasteiger partial charge in [-0.25, -0.2) is 9.97 Å². The molecule has 3 aromatic rings. The first-order chi connectivity index (χ1) is 9.40. The number of imidazole rings is 1. The maximum atomic E-state index is 5.45. The minimum atomic E-state index is 0.712. The zero-order valence-corrected chi connectivity index (χ0v) is 10.7. The first-order valence-electron chi connectivity index (χ1n) is 6.24. The van der Waals surface area contributed by atoms with E-state index < -0.39 is 0 Å². The smallest absolute Gasteiger partial charge is 0.178 e. The largest absolute Gasteiger partial charge is 0.461 e. The van der Waals surface area contributed by atoms with Crippen molar-refractivity contribution >= 4 is 11.2 Å². The SMILES string of the molecule is COCCCn1c(-c2ccco2)nc2cccnc21. The van der Waals surface area contributed by atoms with E-state index in [1.807, 2.05) is 24.3 Å². The van der Waals surface area contributed by atoms with E-state index in [1.165, 1.54) is 0 Å². The van der Waals surface area contributed by atoms with Gasteiger partial charge in [0.15, 0.2) is 17.2 Å². The Morgan fingerprint density at radius 3 is 3.05 bits per heavy atom. The van der Waals surface area contributed by atoms with Crippen LogP contribution in [-0.2, 0) is 11.3 Å². The molecule has 3 rings (SSSR count). The third-order valence-electron chi connectivity index (χ3n) is 2.98. The van der Waals surface area contributed by atoms with Crippen molar-refractivity contribution in [1.82, 2.24) is 14.5 Å². The molecule has 5 heteroatoms. The maximum Gasteiger partial charge on any atom is 0.178 e. The molecule has 0 bridgehead atoms. The highest BCUT2D eigenvalue weighted by atomic mass is 16.5. The summed E-state index contributed by atoms with van der Waals surface area (Å²) in [4.78, 5) is 9.01. The predicted molar refractivity (Wildman–Crippen MR) is 71.7 cm³/mol. The Bertz CT molecular complexity index is 658. The van der Waals surface area contributed by atoms with Gasteiger partial charge in [-0.3, -0.25) is 0 Å². The molecular weight excluding hydrogens is 242 g/mol. The van der Waals surface area contributed by atoms with Gasteiger partial charge in [0, 0.05) is 26.5 Å². The summed E-state index contributed by atoms with van der Waals surface area (Å²) in [5.41, 5.74) is 1.76. The highest BCUT2D eigenvalue weighted by molar-refractivity contribution is 5.75. The van der Waals surface area contributed by atoms with E-state index in [9.17, 15) is 0 Å². The molecule has 0 aliphatic rings. The number of hydrogen-bond donors (Lipinski definition) is 0. The number of nitrogens with zero attached hydrogens (tertiary/aromatic N) is 3. The molecule has 5 nitrogen and oxygen atoms in total. The second-order valence-electron chi connectivity index (χ2n) is 4.26. The molecule has 0 unspecified atom stereocenters. The number of methoxy groups -OCH3 is 1. The second kappa shape index (κ2) is 5.24. The summed E-state index contributed by atoms with van der Waals surface area (Å²) in [6, 6.07) is 7.62. The summed E-state index contributed by atoms with van der Waals surface area (Å²) in [5, 5.41) is 0. The number of furan rings is 1. The van der Waals surface area contributed by atoms with Crippen LogP contribution < -0.4 is 0 Å². The van der Waals surface area contributed by atoms with Crippen LogP contribution in [0.3, 0.4) is 0 Å². The Morgan fingerprint density at radius 2 is 2.26 bits per heavy atom. The quantitative estimate of drug-likeness (QED) is 0.659. The first-order valence-corrected chi connectivity index (χ1v) is 6.24. The van der Waals surface area contributed by atoms with E-state index >= 15 is 0 Å². The van der Waals surface area contributed by atoms with Gasteiger partial charge in [-0.05, 0) is 30.7 Å². The standard InChI is InChI=1S/C14H15N3O2/c1-18-9-4-8-17-13-11(5-2-7-15-13)16-14(17)12-6-3-10-19-12/h2-3,5-7,10H,4,8-9H2,1H3. The van der Waals surface area contributed by atoms with Crippen LogP contribution >= 0.6 is 0 Å². The van der Waals surface area contributed by atoms with Gasteiger partial charge in [0.05, 0.1) is 6.26 Å². The third-order valence-corrected chi connectivity index (χ3v) is 2.98. The zero-order valence-electron chi connectivity index (χ0n) is 10.7. The van der Waals surface area contributed by atoms with Crippen molar-refractivity contribution in [1.29, 1.82) is 0 Å². The van der Waals surface area contributed by atoms with Crippen molar-refractivity contribution in [3.05, 3.63) is 36.7 Å². The normalized spacial score (nSPS) is 11.2. The summed E-state index contributed by atoms with van der Waals surface area (Å²) in [6.45, 7) is 1.52. The second-order valence-corrected chi connectivity index (χ2v) is 4.26. The van der Waals surface area contributed by atoms with Gasteiger partial charge >= 0.3 is 0 Å². The molecule has 3 heterocycles. The molecule has 0 amide bonds. The van der Waals surface area contributed by atoms with Gasteiger partial charge in [-0.1, -0.05) is 0 Å². The topological polar surface area (TPSA) is 53.1 Å². The van der Waals surface area contributed by atoms with Crippen LogP contribution in [-0.4, -0.2) is 28.3 Å². The van der Waals surface area contributed by atoms with E-state index in [0.717, 1.165) is 35.7 Å². The van der Waals surface area contributed by atoms with E-state index in [1.54, 1.807) is 19.6 Å². The van der Waals surface area contributed by atoms with E-state index in [0.29, 0.717) is 6.61 Å². The fourth-order valence-corrected chi connectivity index (χ4v) is 2.13. The molecular formula is C14H15N3O2. The van der Waals surface area contributed by atoms with Gasteiger partial charge in [0.25, 0.3) is 0 Å². The molecule has 0 atom stereocenters. The summed E-state index contributed by atoms with van der Waals surface area (Å²) in [6.07, 6.45) is 4.34. The summed E-state index contributed by atoms with van der Waals surface area (Å²) >= 11 is 0. The molecule has 0 aliphatic heterocycles. The average Bonchev–Trinajstić information content (AvgIpc) is 3.06. The lowest BCUT2D eigenvalue weighted by atomic mass is 10.4. The predicted octanol–water partition coefficient (Wildman–Crippen LogP) is 2.73. The van der Waals surface area contributed by atoms with Crippen molar-refractivity contribution in [3.63, 3.8) is 0 Å². The number of hydrogen-bond acceptors (Lipinski definition) is 4. The summed E-state index contributed by atoms with van der Waals surface area (Å²) < 4.78 is 12.6.